The van der Waals surface area contributed by atoms with E-state index in [2.05, 4.69) is 9.97 Å². The maximum Gasteiger partial charge on any atom is 0.153 e. The van der Waals surface area contributed by atoms with Crippen LogP contribution in [-0.4, -0.2) is 15.1 Å². The Balaban J connectivity index is 2.48. The van der Waals surface area contributed by atoms with E-state index in [1.807, 2.05) is 24.6 Å². The van der Waals surface area contributed by atoms with Crippen LogP contribution in [0.2, 0.25) is 0 Å². The van der Waals surface area contributed by atoms with E-state index in [0.29, 0.717) is 5.01 Å². The molecule has 0 spiro atoms. The zero-order valence-electron chi connectivity index (χ0n) is 8.11. The van der Waals surface area contributed by atoms with Gasteiger partial charge in [-0.05, 0) is 25.5 Å². The molecule has 0 amide bonds. The summed E-state index contributed by atoms with van der Waals surface area (Å²) in [6.07, 6.45) is 3.53. The molecule has 0 radical (unpaired) electrons. The van der Waals surface area contributed by atoms with E-state index >= 15 is 0 Å². The second-order valence-electron chi connectivity index (χ2n) is 3.45. The highest BCUT2D eigenvalue weighted by Gasteiger charge is 2.30. The Kier molecular flexibility index (Phi) is 2.17. The Morgan fingerprint density at radius 1 is 1.57 bits per heavy atom. The molecule has 74 valence electrons. The van der Waals surface area contributed by atoms with Gasteiger partial charge in [-0.2, -0.15) is 0 Å². The predicted molar refractivity (Wildman–Crippen MR) is 56.3 cm³/mol. The Morgan fingerprint density at radius 3 is 2.86 bits per heavy atom. The molecule has 0 bridgehead atoms. The molecule has 0 aliphatic carbocycles. The highest BCUT2D eigenvalue weighted by molar-refractivity contribution is 7.09. The van der Waals surface area contributed by atoms with Crippen molar-refractivity contribution in [3.63, 3.8) is 0 Å². The molecule has 0 saturated carbocycles. The van der Waals surface area contributed by atoms with E-state index in [4.69, 9.17) is 0 Å². The molecule has 2 aromatic heterocycles. The summed E-state index contributed by atoms with van der Waals surface area (Å²) in [5, 5.41) is 12.9. The first-order valence-electron chi connectivity index (χ1n) is 4.39. The molecule has 3 nitrogen and oxygen atoms in total. The summed E-state index contributed by atoms with van der Waals surface area (Å²) in [4.78, 5) is 7.18. The van der Waals surface area contributed by atoms with Crippen molar-refractivity contribution in [2.75, 3.05) is 0 Å². The monoisotopic (exact) mass is 208 g/mol. The van der Waals surface area contributed by atoms with Crippen molar-refractivity contribution in [2.45, 2.75) is 19.4 Å². The van der Waals surface area contributed by atoms with Crippen molar-refractivity contribution in [2.24, 2.45) is 0 Å². The van der Waals surface area contributed by atoms with Crippen LogP contribution < -0.4 is 0 Å². The third-order valence-electron chi connectivity index (χ3n) is 2.29. The van der Waals surface area contributed by atoms with Gasteiger partial charge >= 0.3 is 0 Å². The summed E-state index contributed by atoms with van der Waals surface area (Å²) >= 11 is 1.46. The fourth-order valence-corrected chi connectivity index (χ4v) is 2.25. The average Bonchev–Trinajstić information content (AvgIpc) is 2.72. The lowest BCUT2D eigenvalue weighted by Gasteiger charge is -2.20. The second-order valence-corrected chi connectivity index (χ2v) is 4.34. The molecular formula is C10H12N2OS. The molecule has 0 aliphatic heterocycles. The van der Waals surface area contributed by atoms with Crippen LogP contribution in [0.1, 0.15) is 23.2 Å². The number of aryl methyl sites for hydroxylation is 1. The quantitative estimate of drug-likeness (QED) is 0.793. The Morgan fingerprint density at radius 2 is 2.36 bits per heavy atom. The van der Waals surface area contributed by atoms with Gasteiger partial charge in [-0.25, -0.2) is 4.98 Å². The minimum atomic E-state index is -1.01. The number of aliphatic hydroxyl groups is 1. The van der Waals surface area contributed by atoms with Crippen LogP contribution >= 0.6 is 11.3 Å². The van der Waals surface area contributed by atoms with Gasteiger partial charge in [-0.1, -0.05) is 0 Å². The molecular weight excluding hydrogens is 196 g/mol. The number of thiazole rings is 1. The van der Waals surface area contributed by atoms with E-state index in [-0.39, 0.29) is 0 Å². The fraction of sp³-hybridized carbons (Fsp3) is 0.300. The summed E-state index contributed by atoms with van der Waals surface area (Å²) in [5.41, 5.74) is 0.847. The van der Waals surface area contributed by atoms with Gasteiger partial charge in [-0.15, -0.1) is 11.3 Å². The van der Waals surface area contributed by atoms with Crippen molar-refractivity contribution in [3.05, 3.63) is 40.1 Å². The SMILES string of the molecule is Cc1cc[nH]c1C(C)(O)c1nccs1. The highest BCUT2D eigenvalue weighted by atomic mass is 32.1. The second kappa shape index (κ2) is 3.22. The van der Waals surface area contributed by atoms with Crippen LogP contribution in [0.3, 0.4) is 0 Å². The molecule has 4 heteroatoms. The number of aromatic amines is 1. The predicted octanol–water partition coefficient (Wildman–Crippen LogP) is 2.04. The van der Waals surface area contributed by atoms with Crippen LogP contribution in [0.15, 0.2) is 23.8 Å². The number of nitrogens with zero attached hydrogens (tertiary/aromatic N) is 1. The van der Waals surface area contributed by atoms with Crippen LogP contribution in [-0.2, 0) is 5.60 Å². The largest absolute Gasteiger partial charge is 0.377 e. The molecule has 1 atom stereocenters. The van der Waals surface area contributed by atoms with E-state index in [9.17, 15) is 5.11 Å². The number of nitrogens with one attached hydrogen (secondary N) is 1. The lowest BCUT2D eigenvalue weighted by atomic mass is 10.0. The molecule has 0 fully saturated rings. The molecule has 2 heterocycles. The van der Waals surface area contributed by atoms with Gasteiger partial charge in [0.15, 0.2) is 5.60 Å². The molecule has 0 aromatic carbocycles. The average molecular weight is 208 g/mol. The standard InChI is InChI=1S/C10H12N2OS/c1-7-3-4-11-8(7)10(2,13)9-12-5-6-14-9/h3-6,11,13H,1-2H3. The van der Waals surface area contributed by atoms with Crippen molar-refractivity contribution >= 4 is 11.3 Å². The van der Waals surface area contributed by atoms with Gasteiger partial charge in [0.2, 0.25) is 0 Å². The minimum Gasteiger partial charge on any atom is -0.377 e. The van der Waals surface area contributed by atoms with Crippen LogP contribution in [0.4, 0.5) is 0 Å². The number of hydrogen-bond acceptors (Lipinski definition) is 3. The molecule has 0 saturated heterocycles. The molecule has 1 unspecified atom stereocenters. The Hall–Kier alpha value is -1.13. The van der Waals surface area contributed by atoms with Crippen LogP contribution in [0.5, 0.6) is 0 Å². The lowest BCUT2D eigenvalue weighted by molar-refractivity contribution is 0.0969. The van der Waals surface area contributed by atoms with Crippen LogP contribution in [0, 0.1) is 6.92 Å². The first kappa shape index (κ1) is 9.43. The van der Waals surface area contributed by atoms with Crippen LogP contribution in [0.25, 0.3) is 0 Å². The molecule has 14 heavy (non-hydrogen) atoms. The van der Waals surface area contributed by atoms with Gasteiger partial charge in [0.1, 0.15) is 5.01 Å². The molecule has 0 aliphatic rings. The smallest absolute Gasteiger partial charge is 0.153 e. The zero-order chi connectivity index (χ0) is 10.2. The van der Waals surface area contributed by atoms with Gasteiger partial charge in [0, 0.05) is 17.8 Å². The molecule has 2 N–H and O–H groups in total. The number of rotatable bonds is 2. The lowest BCUT2D eigenvalue weighted by Crippen LogP contribution is -2.23. The topological polar surface area (TPSA) is 48.9 Å². The van der Waals surface area contributed by atoms with Crippen molar-refractivity contribution < 1.29 is 5.11 Å². The number of hydrogen-bond donors (Lipinski definition) is 2. The summed E-state index contributed by atoms with van der Waals surface area (Å²) in [6.45, 7) is 3.72. The highest BCUT2D eigenvalue weighted by Crippen LogP contribution is 2.31. The fourth-order valence-electron chi connectivity index (χ4n) is 1.54. The van der Waals surface area contributed by atoms with Gasteiger partial charge in [0.25, 0.3) is 0 Å². The van der Waals surface area contributed by atoms with Gasteiger partial charge < -0.3 is 10.1 Å². The summed E-state index contributed by atoms with van der Waals surface area (Å²) in [6, 6.07) is 1.94. The Bertz CT molecular complexity index is 417. The van der Waals surface area contributed by atoms with Gasteiger partial charge in [0.05, 0.1) is 5.69 Å². The Labute approximate surface area is 86.4 Å². The first-order chi connectivity index (χ1) is 6.62. The number of H-pyrrole nitrogens is 1. The minimum absolute atomic E-state index is 0.711. The summed E-state index contributed by atoms with van der Waals surface area (Å²) < 4.78 is 0. The van der Waals surface area contributed by atoms with Crippen molar-refractivity contribution in [1.82, 2.24) is 9.97 Å². The maximum atomic E-state index is 10.3. The van der Waals surface area contributed by atoms with E-state index in [1.165, 1.54) is 11.3 Å². The summed E-state index contributed by atoms with van der Waals surface area (Å²) in [5.74, 6) is 0. The van der Waals surface area contributed by atoms with E-state index in [1.54, 1.807) is 13.1 Å². The first-order valence-corrected chi connectivity index (χ1v) is 5.27. The summed E-state index contributed by atoms with van der Waals surface area (Å²) in [7, 11) is 0. The van der Waals surface area contributed by atoms with Gasteiger partial charge in [-0.3, -0.25) is 0 Å². The third kappa shape index (κ3) is 1.36. The van der Waals surface area contributed by atoms with Crippen molar-refractivity contribution in [1.29, 1.82) is 0 Å². The van der Waals surface area contributed by atoms with Crippen molar-refractivity contribution in [3.8, 4) is 0 Å². The van der Waals surface area contributed by atoms with E-state index < -0.39 is 5.60 Å². The molecule has 2 aromatic rings. The third-order valence-corrected chi connectivity index (χ3v) is 3.27. The number of aromatic nitrogens is 2. The normalized spacial score (nSPS) is 15.4. The maximum absolute atomic E-state index is 10.3. The zero-order valence-corrected chi connectivity index (χ0v) is 8.93. The van der Waals surface area contributed by atoms with E-state index in [0.717, 1.165) is 11.3 Å². The molecule has 2 rings (SSSR count).